The second-order valence-electron chi connectivity index (χ2n) is 6.46. The Kier molecular flexibility index (Phi) is 6.02. The van der Waals surface area contributed by atoms with E-state index in [9.17, 15) is 9.59 Å². The zero-order chi connectivity index (χ0) is 16.8. The molecule has 0 heterocycles. The molecule has 2 amide bonds. The summed E-state index contributed by atoms with van der Waals surface area (Å²) >= 11 is 0. The number of ether oxygens (including phenoxy) is 1. The maximum atomic E-state index is 12.4. The number of carbonyl (C=O) groups excluding carboxylic acids is 2. The van der Waals surface area contributed by atoms with Crippen molar-refractivity contribution in [1.29, 1.82) is 0 Å². The second-order valence-corrected chi connectivity index (χ2v) is 6.46. The number of benzene rings is 1. The summed E-state index contributed by atoms with van der Waals surface area (Å²) in [6.45, 7) is 5.22. The lowest BCUT2D eigenvalue weighted by molar-refractivity contribution is -0.126. The summed E-state index contributed by atoms with van der Waals surface area (Å²) in [5.74, 6) is 0.359. The van der Waals surface area contributed by atoms with Gasteiger partial charge in [-0.3, -0.25) is 9.59 Å². The molecule has 0 aliphatic heterocycles. The molecular formula is C18H26N2O3. The molecule has 2 rings (SSSR count). The SMILES string of the molecule is CC(=O)NC(C(=O)Nc1cccc(OC2CCCC2)c1)C(C)C. The lowest BCUT2D eigenvalue weighted by Crippen LogP contribution is -2.46. The van der Waals surface area contributed by atoms with Crippen LogP contribution in [0.4, 0.5) is 5.69 Å². The molecule has 1 aromatic carbocycles. The highest BCUT2D eigenvalue weighted by atomic mass is 16.5. The summed E-state index contributed by atoms with van der Waals surface area (Å²) in [6, 6.07) is 6.88. The van der Waals surface area contributed by atoms with E-state index >= 15 is 0 Å². The predicted molar refractivity (Wildman–Crippen MR) is 90.4 cm³/mol. The molecule has 1 aliphatic carbocycles. The minimum Gasteiger partial charge on any atom is -0.490 e. The van der Waals surface area contributed by atoms with Crippen LogP contribution in [0.3, 0.4) is 0 Å². The van der Waals surface area contributed by atoms with Gasteiger partial charge in [-0.15, -0.1) is 0 Å². The van der Waals surface area contributed by atoms with Crippen molar-refractivity contribution in [3.05, 3.63) is 24.3 Å². The average Bonchev–Trinajstić information content (AvgIpc) is 2.97. The van der Waals surface area contributed by atoms with E-state index in [1.54, 1.807) is 0 Å². The van der Waals surface area contributed by atoms with Crippen molar-refractivity contribution < 1.29 is 14.3 Å². The van der Waals surface area contributed by atoms with E-state index in [0.717, 1.165) is 18.6 Å². The first-order chi connectivity index (χ1) is 11.0. The number of carbonyl (C=O) groups is 2. The molecule has 1 atom stereocenters. The van der Waals surface area contributed by atoms with E-state index in [1.165, 1.54) is 19.8 Å². The topological polar surface area (TPSA) is 67.4 Å². The monoisotopic (exact) mass is 318 g/mol. The third kappa shape index (κ3) is 5.27. The molecule has 126 valence electrons. The number of nitrogens with one attached hydrogen (secondary N) is 2. The first kappa shape index (κ1) is 17.3. The standard InChI is InChI=1S/C18H26N2O3/c1-12(2)17(19-13(3)21)18(22)20-14-7-6-10-16(11-14)23-15-8-4-5-9-15/h6-7,10-12,15,17H,4-5,8-9H2,1-3H3,(H,19,21)(H,20,22). The summed E-state index contributed by atoms with van der Waals surface area (Å²) in [7, 11) is 0. The predicted octanol–water partition coefficient (Wildman–Crippen LogP) is 3.11. The third-order valence-electron chi connectivity index (χ3n) is 4.01. The smallest absolute Gasteiger partial charge is 0.247 e. The van der Waals surface area contributed by atoms with Crippen molar-refractivity contribution in [2.24, 2.45) is 5.92 Å². The normalized spacial score (nSPS) is 16.2. The van der Waals surface area contributed by atoms with Gasteiger partial charge in [-0.2, -0.15) is 0 Å². The van der Waals surface area contributed by atoms with Crippen LogP contribution in [-0.2, 0) is 9.59 Å². The van der Waals surface area contributed by atoms with Crippen LogP contribution >= 0.6 is 0 Å². The molecule has 1 unspecified atom stereocenters. The van der Waals surface area contributed by atoms with Crippen LogP contribution in [0.15, 0.2) is 24.3 Å². The Labute approximate surface area is 137 Å². The number of rotatable bonds is 6. The van der Waals surface area contributed by atoms with Gasteiger partial charge in [0.1, 0.15) is 11.8 Å². The summed E-state index contributed by atoms with van der Waals surface area (Å²) in [4.78, 5) is 23.6. The van der Waals surface area contributed by atoms with Crippen molar-refractivity contribution in [3.8, 4) is 5.75 Å². The lowest BCUT2D eigenvalue weighted by atomic mass is 10.0. The number of hydrogen-bond donors (Lipinski definition) is 2. The van der Waals surface area contributed by atoms with E-state index in [2.05, 4.69) is 10.6 Å². The molecule has 0 spiro atoms. The van der Waals surface area contributed by atoms with Gasteiger partial charge in [0, 0.05) is 18.7 Å². The second kappa shape index (κ2) is 7.99. The minimum atomic E-state index is -0.549. The molecule has 1 aromatic rings. The van der Waals surface area contributed by atoms with Gasteiger partial charge in [-0.1, -0.05) is 19.9 Å². The molecule has 0 bridgehead atoms. The van der Waals surface area contributed by atoms with Gasteiger partial charge in [0.05, 0.1) is 6.10 Å². The van der Waals surface area contributed by atoms with E-state index in [1.807, 2.05) is 38.1 Å². The Hall–Kier alpha value is -2.04. The zero-order valence-electron chi connectivity index (χ0n) is 14.1. The lowest BCUT2D eigenvalue weighted by Gasteiger charge is -2.21. The van der Waals surface area contributed by atoms with E-state index in [4.69, 9.17) is 4.74 Å². The van der Waals surface area contributed by atoms with Crippen LogP contribution in [0.5, 0.6) is 5.75 Å². The van der Waals surface area contributed by atoms with Crippen molar-refractivity contribution >= 4 is 17.5 Å². The molecule has 0 saturated heterocycles. The van der Waals surface area contributed by atoms with Crippen LogP contribution < -0.4 is 15.4 Å². The summed E-state index contributed by atoms with van der Waals surface area (Å²) in [5, 5.41) is 5.55. The number of amides is 2. The molecule has 1 aliphatic rings. The highest BCUT2D eigenvalue weighted by Crippen LogP contribution is 2.25. The summed E-state index contributed by atoms with van der Waals surface area (Å²) in [5.41, 5.74) is 0.682. The Morgan fingerprint density at radius 1 is 1.22 bits per heavy atom. The van der Waals surface area contributed by atoms with E-state index in [0.29, 0.717) is 5.69 Å². The van der Waals surface area contributed by atoms with E-state index < -0.39 is 6.04 Å². The van der Waals surface area contributed by atoms with Crippen LogP contribution in [0.1, 0.15) is 46.5 Å². The molecule has 1 saturated carbocycles. The zero-order valence-corrected chi connectivity index (χ0v) is 14.1. The quantitative estimate of drug-likeness (QED) is 0.847. The Bertz CT molecular complexity index is 551. The minimum absolute atomic E-state index is 0.0109. The fourth-order valence-electron chi connectivity index (χ4n) is 2.82. The largest absolute Gasteiger partial charge is 0.490 e. The van der Waals surface area contributed by atoms with Gasteiger partial charge in [0.15, 0.2) is 0 Å². The molecule has 5 nitrogen and oxygen atoms in total. The molecule has 23 heavy (non-hydrogen) atoms. The third-order valence-corrected chi connectivity index (χ3v) is 4.01. The molecule has 2 N–H and O–H groups in total. The fraction of sp³-hybridized carbons (Fsp3) is 0.556. The Morgan fingerprint density at radius 3 is 2.52 bits per heavy atom. The van der Waals surface area contributed by atoms with Crippen molar-refractivity contribution in [2.75, 3.05) is 5.32 Å². The average molecular weight is 318 g/mol. The van der Waals surface area contributed by atoms with E-state index in [-0.39, 0.29) is 23.8 Å². The Balaban J connectivity index is 2.00. The van der Waals surface area contributed by atoms with Gasteiger partial charge >= 0.3 is 0 Å². The molecular weight excluding hydrogens is 292 g/mol. The van der Waals surface area contributed by atoms with Gasteiger partial charge in [0.25, 0.3) is 0 Å². The van der Waals surface area contributed by atoms with Gasteiger partial charge in [-0.25, -0.2) is 0 Å². The van der Waals surface area contributed by atoms with Gasteiger partial charge in [-0.05, 0) is 43.7 Å². The fourth-order valence-corrected chi connectivity index (χ4v) is 2.82. The maximum absolute atomic E-state index is 12.4. The number of hydrogen-bond acceptors (Lipinski definition) is 3. The van der Waals surface area contributed by atoms with Crippen molar-refractivity contribution in [3.63, 3.8) is 0 Å². The van der Waals surface area contributed by atoms with Crippen LogP contribution in [0, 0.1) is 5.92 Å². The van der Waals surface area contributed by atoms with Gasteiger partial charge in [0.2, 0.25) is 11.8 Å². The molecule has 0 aromatic heterocycles. The molecule has 5 heteroatoms. The Morgan fingerprint density at radius 2 is 1.91 bits per heavy atom. The summed E-state index contributed by atoms with van der Waals surface area (Å²) in [6.07, 6.45) is 4.90. The highest BCUT2D eigenvalue weighted by molar-refractivity contribution is 5.97. The van der Waals surface area contributed by atoms with Crippen LogP contribution in [0.2, 0.25) is 0 Å². The van der Waals surface area contributed by atoms with Crippen molar-refractivity contribution in [2.45, 2.75) is 58.6 Å². The van der Waals surface area contributed by atoms with Crippen LogP contribution in [-0.4, -0.2) is 24.0 Å². The first-order valence-corrected chi connectivity index (χ1v) is 8.30. The summed E-state index contributed by atoms with van der Waals surface area (Å²) < 4.78 is 5.95. The maximum Gasteiger partial charge on any atom is 0.247 e. The molecule has 1 fully saturated rings. The van der Waals surface area contributed by atoms with Gasteiger partial charge < -0.3 is 15.4 Å². The van der Waals surface area contributed by atoms with Crippen molar-refractivity contribution in [1.82, 2.24) is 5.32 Å². The first-order valence-electron chi connectivity index (χ1n) is 8.30. The van der Waals surface area contributed by atoms with Crippen LogP contribution in [0.25, 0.3) is 0 Å². The highest BCUT2D eigenvalue weighted by Gasteiger charge is 2.23. The number of anilines is 1. The molecule has 0 radical (unpaired) electrons.